The van der Waals surface area contributed by atoms with Gasteiger partial charge in [-0.3, -0.25) is 0 Å². The maximum absolute atomic E-state index is 2.53. The molecule has 0 aromatic heterocycles. The number of allylic oxidation sites excluding steroid dienone is 2. The van der Waals surface area contributed by atoms with Gasteiger partial charge in [0.2, 0.25) is 0 Å². The second-order valence-electron chi connectivity index (χ2n) is 6.90. The van der Waals surface area contributed by atoms with Crippen LogP contribution >= 0.6 is 7.92 Å². The molecular formula is C22H27P. The lowest BCUT2D eigenvalue weighted by Gasteiger charge is -2.11. The largest absolute Gasteiger partial charge is 0.101 e. The van der Waals surface area contributed by atoms with Crippen molar-refractivity contribution >= 4 is 13.5 Å². The molecule has 1 heterocycles. The lowest BCUT2D eigenvalue weighted by Crippen LogP contribution is -1.96. The number of hydrogen-bond donors (Lipinski definition) is 0. The number of rotatable bonds is 5. The summed E-state index contributed by atoms with van der Waals surface area (Å²) in [5.74, 6) is 0. The number of benzene rings is 2. The molecule has 1 heteroatoms. The van der Waals surface area contributed by atoms with Crippen LogP contribution in [0, 0.1) is 20.8 Å². The van der Waals surface area contributed by atoms with E-state index in [1.807, 2.05) is 0 Å². The molecule has 2 atom stereocenters. The van der Waals surface area contributed by atoms with Crippen molar-refractivity contribution in [1.29, 1.82) is 0 Å². The van der Waals surface area contributed by atoms with Crippen LogP contribution in [0.4, 0.5) is 0 Å². The summed E-state index contributed by atoms with van der Waals surface area (Å²) in [6.07, 6.45) is 6.24. The molecule has 0 bridgehead atoms. The molecule has 1 fully saturated rings. The van der Waals surface area contributed by atoms with Crippen molar-refractivity contribution in [2.24, 2.45) is 0 Å². The molecule has 23 heavy (non-hydrogen) atoms. The average Bonchev–Trinajstić information content (AvgIpc) is 3.25. The van der Waals surface area contributed by atoms with Crippen LogP contribution in [0.3, 0.4) is 0 Å². The third-order valence-electron chi connectivity index (χ3n) is 4.96. The van der Waals surface area contributed by atoms with Crippen molar-refractivity contribution < 1.29 is 0 Å². The minimum absolute atomic E-state index is 0.240. The summed E-state index contributed by atoms with van der Waals surface area (Å²) in [4.78, 5) is 0. The van der Waals surface area contributed by atoms with Crippen LogP contribution < -0.4 is 0 Å². The molecule has 0 nitrogen and oxygen atoms in total. The van der Waals surface area contributed by atoms with Crippen LogP contribution in [-0.4, -0.2) is 18.5 Å². The standard InChI is InChI=1S/C22H27P/c1-16-12-13-17(2)19(14-16)9-7-11-21(22-15-23(22)4)20-10-6-5-8-18(20)3/h5-6,8,10-14,22H,7,9,15H2,1-4H3/b21-11+. The van der Waals surface area contributed by atoms with E-state index in [2.05, 4.69) is 76.0 Å². The molecule has 0 amide bonds. The van der Waals surface area contributed by atoms with Crippen molar-refractivity contribution in [1.82, 2.24) is 0 Å². The maximum Gasteiger partial charge on any atom is 0.00818 e. The second kappa shape index (κ2) is 7.02. The molecule has 2 unspecified atom stereocenters. The zero-order valence-corrected chi connectivity index (χ0v) is 15.7. The summed E-state index contributed by atoms with van der Waals surface area (Å²) < 4.78 is 0. The smallest absolute Gasteiger partial charge is 0.00818 e. The van der Waals surface area contributed by atoms with E-state index in [1.165, 1.54) is 34.0 Å². The van der Waals surface area contributed by atoms with Crippen molar-refractivity contribution in [3.63, 3.8) is 0 Å². The highest BCUT2D eigenvalue weighted by Gasteiger charge is 2.35. The van der Waals surface area contributed by atoms with Gasteiger partial charge < -0.3 is 0 Å². The zero-order chi connectivity index (χ0) is 16.4. The fourth-order valence-electron chi connectivity index (χ4n) is 3.34. The highest BCUT2D eigenvalue weighted by atomic mass is 31.1. The first kappa shape index (κ1) is 16.5. The van der Waals surface area contributed by atoms with Gasteiger partial charge in [0.25, 0.3) is 0 Å². The number of aryl methyl sites for hydroxylation is 4. The summed E-state index contributed by atoms with van der Waals surface area (Å²) in [6, 6.07) is 15.7. The molecule has 0 radical (unpaired) electrons. The van der Waals surface area contributed by atoms with Gasteiger partial charge in [0.05, 0.1) is 0 Å². The van der Waals surface area contributed by atoms with Crippen LogP contribution in [0.2, 0.25) is 0 Å². The molecule has 120 valence electrons. The Morgan fingerprint density at radius 3 is 2.52 bits per heavy atom. The van der Waals surface area contributed by atoms with E-state index in [1.54, 1.807) is 5.57 Å². The van der Waals surface area contributed by atoms with Crippen LogP contribution in [-0.2, 0) is 6.42 Å². The lowest BCUT2D eigenvalue weighted by atomic mass is 9.96. The molecule has 2 aromatic rings. The van der Waals surface area contributed by atoms with E-state index in [-0.39, 0.29) is 7.92 Å². The predicted octanol–water partition coefficient (Wildman–Crippen LogP) is 6.12. The Hall–Kier alpha value is -1.39. The first-order chi connectivity index (χ1) is 11.1. The van der Waals surface area contributed by atoms with Crippen LogP contribution in [0.25, 0.3) is 5.57 Å². The first-order valence-corrected chi connectivity index (χ1v) is 10.6. The van der Waals surface area contributed by atoms with E-state index >= 15 is 0 Å². The normalized spacial score (nSPS) is 20.6. The molecule has 1 aliphatic heterocycles. The summed E-state index contributed by atoms with van der Waals surface area (Å²) in [6.45, 7) is 9.10. The van der Waals surface area contributed by atoms with E-state index in [9.17, 15) is 0 Å². The highest BCUT2D eigenvalue weighted by molar-refractivity contribution is 7.66. The minimum atomic E-state index is 0.240. The van der Waals surface area contributed by atoms with Gasteiger partial charge in [-0.15, -0.1) is 7.92 Å². The first-order valence-electron chi connectivity index (χ1n) is 8.58. The Bertz CT molecular complexity index is 727. The third-order valence-corrected chi connectivity index (χ3v) is 6.95. The van der Waals surface area contributed by atoms with E-state index in [0.29, 0.717) is 0 Å². The average molecular weight is 322 g/mol. The summed E-state index contributed by atoms with van der Waals surface area (Å²) in [5.41, 5.74) is 9.64. The van der Waals surface area contributed by atoms with Gasteiger partial charge in [-0.25, -0.2) is 0 Å². The van der Waals surface area contributed by atoms with Crippen LogP contribution in [0.1, 0.15) is 34.2 Å². The topological polar surface area (TPSA) is 0 Å². The Kier molecular flexibility index (Phi) is 5.02. The zero-order valence-electron chi connectivity index (χ0n) is 14.8. The Balaban J connectivity index is 1.80. The van der Waals surface area contributed by atoms with Gasteiger partial charge in [-0.2, -0.15) is 0 Å². The summed E-state index contributed by atoms with van der Waals surface area (Å²) in [5, 5.41) is 0. The monoisotopic (exact) mass is 322 g/mol. The van der Waals surface area contributed by atoms with Crippen molar-refractivity contribution in [2.45, 2.75) is 39.3 Å². The fraction of sp³-hybridized carbons (Fsp3) is 0.364. The molecular weight excluding hydrogens is 295 g/mol. The molecule has 1 saturated heterocycles. The fourth-order valence-corrected chi connectivity index (χ4v) is 5.19. The third kappa shape index (κ3) is 3.93. The molecule has 3 rings (SSSR count). The lowest BCUT2D eigenvalue weighted by molar-refractivity contribution is 0.982. The maximum atomic E-state index is 2.53. The minimum Gasteiger partial charge on any atom is -0.101 e. The SMILES string of the molecule is Cc1ccc(C)c(CC/C=C(\c2ccccc2C)C2CP2C)c1. The van der Waals surface area contributed by atoms with Gasteiger partial charge in [0, 0.05) is 5.66 Å². The molecule has 0 spiro atoms. The van der Waals surface area contributed by atoms with Gasteiger partial charge in [-0.05, 0) is 74.3 Å². The molecule has 0 N–H and O–H groups in total. The summed E-state index contributed by atoms with van der Waals surface area (Å²) in [7, 11) is 0.240. The van der Waals surface area contributed by atoms with Gasteiger partial charge in [-0.1, -0.05) is 54.1 Å². The number of hydrogen-bond acceptors (Lipinski definition) is 0. The summed E-state index contributed by atoms with van der Waals surface area (Å²) >= 11 is 0. The van der Waals surface area contributed by atoms with Crippen LogP contribution in [0.15, 0.2) is 48.5 Å². The van der Waals surface area contributed by atoms with Gasteiger partial charge in [0.1, 0.15) is 0 Å². The Labute approximate surface area is 142 Å². The quantitative estimate of drug-likeness (QED) is 0.582. The highest BCUT2D eigenvalue weighted by Crippen LogP contribution is 2.61. The van der Waals surface area contributed by atoms with Crippen molar-refractivity contribution in [3.8, 4) is 0 Å². The van der Waals surface area contributed by atoms with Gasteiger partial charge >= 0.3 is 0 Å². The van der Waals surface area contributed by atoms with E-state index in [0.717, 1.165) is 18.5 Å². The van der Waals surface area contributed by atoms with Crippen molar-refractivity contribution in [2.75, 3.05) is 12.8 Å². The predicted molar refractivity (Wildman–Crippen MR) is 105 cm³/mol. The van der Waals surface area contributed by atoms with Crippen molar-refractivity contribution in [3.05, 3.63) is 76.4 Å². The Morgan fingerprint density at radius 2 is 1.83 bits per heavy atom. The Morgan fingerprint density at radius 1 is 1.09 bits per heavy atom. The van der Waals surface area contributed by atoms with E-state index in [4.69, 9.17) is 0 Å². The molecule has 1 aliphatic rings. The molecule has 2 aromatic carbocycles. The molecule has 0 aliphatic carbocycles. The van der Waals surface area contributed by atoms with E-state index < -0.39 is 0 Å². The van der Waals surface area contributed by atoms with Gasteiger partial charge in [0.15, 0.2) is 0 Å². The molecule has 0 saturated carbocycles. The second-order valence-corrected chi connectivity index (χ2v) is 9.40. The van der Waals surface area contributed by atoms with Crippen LogP contribution in [0.5, 0.6) is 0 Å².